The quantitative estimate of drug-likeness (QED) is 0.857. The lowest BCUT2D eigenvalue weighted by atomic mass is 10.1. The van der Waals surface area contributed by atoms with E-state index in [2.05, 4.69) is 4.98 Å². The molecule has 2 aromatic rings. The van der Waals surface area contributed by atoms with E-state index >= 15 is 0 Å². The first-order chi connectivity index (χ1) is 8.77. The van der Waals surface area contributed by atoms with Crippen molar-refractivity contribution < 1.29 is 9.21 Å². The average molecular weight is 263 g/mol. The van der Waals surface area contributed by atoms with Crippen molar-refractivity contribution in [2.45, 2.75) is 25.9 Å². The molecule has 1 aromatic carbocycles. The van der Waals surface area contributed by atoms with Crippen LogP contribution < -0.4 is 11.5 Å². The molecule has 0 aliphatic carbocycles. The van der Waals surface area contributed by atoms with Crippen LogP contribution in [-0.2, 0) is 11.3 Å². The summed E-state index contributed by atoms with van der Waals surface area (Å²) in [6.07, 6.45) is 0. The van der Waals surface area contributed by atoms with Crippen molar-refractivity contribution in [2.75, 3.05) is 7.05 Å². The summed E-state index contributed by atoms with van der Waals surface area (Å²) >= 11 is 0. The fourth-order valence-corrected chi connectivity index (χ4v) is 1.94. The molecule has 0 saturated carbocycles. The molecule has 0 saturated heterocycles. The Hall–Kier alpha value is -2.08. The van der Waals surface area contributed by atoms with Gasteiger partial charge in [-0.1, -0.05) is 6.07 Å². The fraction of sp³-hybridized carbons (Fsp3) is 0.385. The van der Waals surface area contributed by atoms with Crippen molar-refractivity contribution >= 4 is 17.0 Å². The van der Waals surface area contributed by atoms with Gasteiger partial charge in [0, 0.05) is 13.6 Å². The maximum absolute atomic E-state index is 12.0. The van der Waals surface area contributed by atoms with Crippen molar-refractivity contribution in [1.29, 1.82) is 0 Å². The minimum atomic E-state index is -0.900. The van der Waals surface area contributed by atoms with E-state index in [1.807, 2.05) is 6.07 Å². The van der Waals surface area contributed by atoms with Gasteiger partial charge >= 0.3 is 5.76 Å². The van der Waals surface area contributed by atoms with Gasteiger partial charge in [0.15, 0.2) is 5.58 Å². The Balaban J connectivity index is 2.21. The lowest BCUT2D eigenvalue weighted by molar-refractivity contribution is -0.134. The van der Waals surface area contributed by atoms with Gasteiger partial charge in [-0.3, -0.25) is 9.78 Å². The SMILES string of the molecule is CN(Cc1ccc2oc(=O)[nH]c2c1)C(=O)C(C)(C)N. The number of nitrogens with zero attached hydrogens (tertiary/aromatic N) is 1. The van der Waals surface area contributed by atoms with Gasteiger partial charge in [0.05, 0.1) is 11.1 Å². The number of hydrogen-bond donors (Lipinski definition) is 2. The number of oxazole rings is 1. The maximum atomic E-state index is 12.0. The highest BCUT2D eigenvalue weighted by Crippen LogP contribution is 2.14. The number of hydrogen-bond acceptors (Lipinski definition) is 4. The first-order valence-electron chi connectivity index (χ1n) is 5.93. The van der Waals surface area contributed by atoms with Gasteiger partial charge in [-0.05, 0) is 31.5 Å². The van der Waals surface area contributed by atoms with Crippen LogP contribution >= 0.6 is 0 Å². The third-order valence-electron chi connectivity index (χ3n) is 2.80. The highest BCUT2D eigenvalue weighted by molar-refractivity contribution is 5.85. The van der Waals surface area contributed by atoms with Crippen LogP contribution in [0.1, 0.15) is 19.4 Å². The third-order valence-corrected chi connectivity index (χ3v) is 2.80. The van der Waals surface area contributed by atoms with Gasteiger partial charge in [-0.2, -0.15) is 0 Å². The van der Waals surface area contributed by atoms with Gasteiger partial charge in [-0.15, -0.1) is 0 Å². The van der Waals surface area contributed by atoms with Crippen LogP contribution in [-0.4, -0.2) is 28.4 Å². The summed E-state index contributed by atoms with van der Waals surface area (Å²) in [5.41, 5.74) is 6.89. The smallest absolute Gasteiger partial charge is 0.408 e. The number of nitrogens with two attached hydrogens (primary N) is 1. The van der Waals surface area contributed by atoms with Crippen LogP contribution in [0, 0.1) is 0 Å². The summed E-state index contributed by atoms with van der Waals surface area (Å²) in [6.45, 7) is 3.76. The van der Waals surface area contributed by atoms with E-state index in [-0.39, 0.29) is 5.91 Å². The molecule has 3 N–H and O–H groups in total. The van der Waals surface area contributed by atoms with Crippen molar-refractivity contribution in [1.82, 2.24) is 9.88 Å². The standard InChI is InChI=1S/C13H17N3O3/c1-13(2,14)11(17)16(3)7-8-4-5-10-9(6-8)15-12(18)19-10/h4-6H,7,14H2,1-3H3,(H,15,18). The summed E-state index contributed by atoms with van der Waals surface area (Å²) in [6, 6.07) is 5.30. The molecule has 1 aromatic heterocycles. The second-order valence-corrected chi connectivity index (χ2v) is 5.23. The lowest BCUT2D eigenvalue weighted by Crippen LogP contribution is -2.49. The van der Waals surface area contributed by atoms with Crippen LogP contribution in [0.4, 0.5) is 0 Å². The third kappa shape index (κ3) is 2.85. The van der Waals surface area contributed by atoms with Crippen molar-refractivity contribution in [3.63, 3.8) is 0 Å². The number of amides is 1. The van der Waals surface area contributed by atoms with Crippen LogP contribution in [0.3, 0.4) is 0 Å². The van der Waals surface area contributed by atoms with Crippen LogP contribution in [0.5, 0.6) is 0 Å². The fourth-order valence-electron chi connectivity index (χ4n) is 1.94. The average Bonchev–Trinajstić information content (AvgIpc) is 2.66. The monoisotopic (exact) mass is 263 g/mol. The molecule has 2 rings (SSSR count). The zero-order valence-electron chi connectivity index (χ0n) is 11.2. The van der Waals surface area contributed by atoms with E-state index in [1.54, 1.807) is 37.9 Å². The number of likely N-dealkylation sites (N-methyl/N-ethyl adjacent to an activating group) is 1. The molecule has 0 aliphatic rings. The number of fused-ring (bicyclic) bond motifs is 1. The molecule has 0 unspecified atom stereocenters. The molecular weight excluding hydrogens is 246 g/mol. The summed E-state index contributed by atoms with van der Waals surface area (Å²) in [7, 11) is 1.69. The molecule has 6 heteroatoms. The summed E-state index contributed by atoms with van der Waals surface area (Å²) in [4.78, 5) is 27.2. The number of nitrogens with one attached hydrogen (secondary N) is 1. The normalized spacial score (nSPS) is 11.8. The van der Waals surface area contributed by atoms with E-state index in [0.29, 0.717) is 17.6 Å². The van der Waals surface area contributed by atoms with Crippen LogP contribution in [0.2, 0.25) is 0 Å². The molecule has 0 fully saturated rings. The molecule has 0 atom stereocenters. The highest BCUT2D eigenvalue weighted by atomic mass is 16.4. The van der Waals surface area contributed by atoms with E-state index in [4.69, 9.17) is 10.2 Å². The van der Waals surface area contributed by atoms with E-state index in [1.165, 1.54) is 0 Å². The van der Waals surface area contributed by atoms with E-state index in [0.717, 1.165) is 5.56 Å². The Kier molecular flexibility index (Phi) is 3.20. The first-order valence-corrected chi connectivity index (χ1v) is 5.93. The molecule has 0 aliphatic heterocycles. The van der Waals surface area contributed by atoms with Gasteiger partial charge in [0.1, 0.15) is 0 Å². The van der Waals surface area contributed by atoms with Crippen LogP contribution in [0.15, 0.2) is 27.4 Å². The Labute approximate surface area is 110 Å². The van der Waals surface area contributed by atoms with E-state index < -0.39 is 11.3 Å². The Bertz CT molecular complexity index is 664. The molecule has 6 nitrogen and oxygen atoms in total. The Morgan fingerprint density at radius 2 is 2.16 bits per heavy atom. The number of benzene rings is 1. The van der Waals surface area contributed by atoms with Gasteiger partial charge in [0.2, 0.25) is 5.91 Å². The van der Waals surface area contributed by atoms with Gasteiger partial charge < -0.3 is 15.1 Å². The van der Waals surface area contributed by atoms with Crippen LogP contribution in [0.25, 0.3) is 11.1 Å². The van der Waals surface area contributed by atoms with Crippen molar-refractivity contribution in [2.24, 2.45) is 5.73 Å². The molecule has 19 heavy (non-hydrogen) atoms. The van der Waals surface area contributed by atoms with Gasteiger partial charge in [-0.25, -0.2) is 4.79 Å². The first kappa shape index (κ1) is 13.4. The summed E-state index contributed by atoms with van der Waals surface area (Å²) in [5, 5.41) is 0. The highest BCUT2D eigenvalue weighted by Gasteiger charge is 2.25. The Morgan fingerprint density at radius 3 is 2.79 bits per heavy atom. The summed E-state index contributed by atoms with van der Waals surface area (Å²) < 4.78 is 4.92. The number of aromatic amines is 1. The predicted octanol–water partition coefficient (Wildman–Crippen LogP) is 0.817. The van der Waals surface area contributed by atoms with Gasteiger partial charge in [0.25, 0.3) is 0 Å². The molecule has 0 bridgehead atoms. The Morgan fingerprint density at radius 1 is 1.47 bits per heavy atom. The lowest BCUT2D eigenvalue weighted by Gasteiger charge is -2.25. The second-order valence-electron chi connectivity index (χ2n) is 5.23. The predicted molar refractivity (Wildman–Crippen MR) is 71.6 cm³/mol. The van der Waals surface area contributed by atoms with E-state index in [9.17, 15) is 9.59 Å². The number of H-pyrrole nitrogens is 1. The number of rotatable bonds is 3. The number of aromatic nitrogens is 1. The molecular formula is C13H17N3O3. The minimum absolute atomic E-state index is 0.145. The zero-order valence-corrected chi connectivity index (χ0v) is 11.2. The number of carbonyl (C=O) groups is 1. The molecule has 0 radical (unpaired) electrons. The molecule has 102 valence electrons. The summed E-state index contributed by atoms with van der Waals surface area (Å²) in [5.74, 6) is -0.632. The second kappa shape index (κ2) is 4.55. The topological polar surface area (TPSA) is 92.3 Å². The van der Waals surface area contributed by atoms with Crippen molar-refractivity contribution in [3.05, 3.63) is 34.3 Å². The number of carbonyl (C=O) groups excluding carboxylic acids is 1. The zero-order chi connectivity index (χ0) is 14.2. The molecule has 1 amide bonds. The minimum Gasteiger partial charge on any atom is -0.408 e. The largest absolute Gasteiger partial charge is 0.417 e. The molecule has 0 spiro atoms. The maximum Gasteiger partial charge on any atom is 0.417 e. The molecule has 1 heterocycles. The van der Waals surface area contributed by atoms with Crippen molar-refractivity contribution in [3.8, 4) is 0 Å².